The molecule has 0 fully saturated rings. The van der Waals surface area contributed by atoms with Gasteiger partial charge in [0.1, 0.15) is 11.6 Å². The number of carbonyl (C=O) groups is 2. The van der Waals surface area contributed by atoms with Crippen molar-refractivity contribution >= 4 is 39.2 Å². The van der Waals surface area contributed by atoms with E-state index in [2.05, 4.69) is 20.3 Å². The molecule has 0 saturated carbocycles. The number of anilines is 1. The van der Waals surface area contributed by atoms with Gasteiger partial charge < -0.3 is 14.6 Å². The highest BCUT2D eigenvalue weighted by atomic mass is 32.2. The lowest BCUT2D eigenvalue weighted by molar-refractivity contribution is -0.113. The summed E-state index contributed by atoms with van der Waals surface area (Å²) in [5, 5.41) is 11.3. The molecule has 0 aliphatic rings. The second-order valence-corrected chi connectivity index (χ2v) is 10.1. The quantitative estimate of drug-likeness (QED) is 0.360. The predicted molar refractivity (Wildman–Crippen MR) is 125 cm³/mol. The molecule has 2 aromatic carbocycles. The normalized spacial score (nSPS) is 11.2. The first-order chi connectivity index (χ1) is 15.7. The van der Waals surface area contributed by atoms with E-state index in [1.807, 2.05) is 13.8 Å². The molecular formula is C22H24N4O5S2. The number of hydrogen-bond acceptors (Lipinski definition) is 8. The Labute approximate surface area is 196 Å². The molecule has 1 heterocycles. The fourth-order valence-corrected chi connectivity index (χ4v) is 5.11. The molecule has 0 bridgehead atoms. The van der Waals surface area contributed by atoms with Crippen molar-refractivity contribution in [2.45, 2.75) is 36.2 Å². The first-order valence-electron chi connectivity index (χ1n) is 10.1. The van der Waals surface area contributed by atoms with Crippen LogP contribution in [0.25, 0.3) is 0 Å². The zero-order valence-electron chi connectivity index (χ0n) is 18.4. The van der Waals surface area contributed by atoms with E-state index in [0.717, 1.165) is 17.3 Å². The third kappa shape index (κ3) is 6.20. The minimum atomic E-state index is -3.58. The van der Waals surface area contributed by atoms with E-state index in [9.17, 15) is 18.0 Å². The Balaban J connectivity index is 1.66. The van der Waals surface area contributed by atoms with Crippen LogP contribution in [0.5, 0.6) is 0 Å². The minimum Gasteiger partial charge on any atom is -0.465 e. The van der Waals surface area contributed by atoms with E-state index >= 15 is 0 Å². The van der Waals surface area contributed by atoms with Gasteiger partial charge >= 0.3 is 5.97 Å². The Hall–Kier alpha value is -3.18. The Morgan fingerprint density at radius 3 is 2.52 bits per heavy atom. The zero-order chi connectivity index (χ0) is 24.0. The molecule has 3 rings (SSSR count). The first-order valence-corrected chi connectivity index (χ1v) is 12.7. The summed E-state index contributed by atoms with van der Waals surface area (Å²) in [5.41, 5.74) is 1.76. The summed E-state index contributed by atoms with van der Waals surface area (Å²) in [5.74, 6) is -0.743. The number of ether oxygens (including phenoxy) is 1. The number of benzene rings is 2. The van der Waals surface area contributed by atoms with Gasteiger partial charge in [0.15, 0.2) is 15.0 Å². The van der Waals surface area contributed by atoms with Gasteiger partial charge in [0.2, 0.25) is 5.91 Å². The van der Waals surface area contributed by atoms with E-state index in [0.29, 0.717) is 28.8 Å². The van der Waals surface area contributed by atoms with Crippen molar-refractivity contribution in [2.24, 2.45) is 0 Å². The molecule has 3 aromatic rings. The number of nitrogens with one attached hydrogen (secondary N) is 1. The molecule has 0 saturated heterocycles. The largest absolute Gasteiger partial charge is 0.465 e. The van der Waals surface area contributed by atoms with E-state index in [4.69, 9.17) is 0 Å². The van der Waals surface area contributed by atoms with Crippen molar-refractivity contribution in [2.75, 3.05) is 18.2 Å². The minimum absolute atomic E-state index is 0.0330. The van der Waals surface area contributed by atoms with Gasteiger partial charge in [-0.15, -0.1) is 10.2 Å². The van der Waals surface area contributed by atoms with Crippen LogP contribution in [0, 0.1) is 6.92 Å². The van der Waals surface area contributed by atoms with E-state index < -0.39 is 15.8 Å². The summed E-state index contributed by atoms with van der Waals surface area (Å²) in [4.78, 5) is 24.2. The number of carbonyl (C=O) groups excluding carboxylic acids is 2. The highest BCUT2D eigenvalue weighted by molar-refractivity contribution is 7.99. The zero-order valence-corrected chi connectivity index (χ0v) is 20.1. The number of esters is 1. The smallest absolute Gasteiger partial charge is 0.337 e. The van der Waals surface area contributed by atoms with Crippen molar-refractivity contribution in [3.05, 3.63) is 65.5 Å². The van der Waals surface area contributed by atoms with Crippen LogP contribution in [-0.2, 0) is 31.7 Å². The number of hydrogen-bond donors (Lipinski definition) is 1. The number of thioether (sulfide) groups is 1. The summed E-state index contributed by atoms with van der Waals surface area (Å²) >= 11 is 1.15. The van der Waals surface area contributed by atoms with Crippen LogP contribution >= 0.6 is 11.8 Å². The molecule has 0 aliphatic carbocycles. The van der Waals surface area contributed by atoms with Crippen LogP contribution in [-0.4, -0.2) is 47.9 Å². The molecule has 1 amide bonds. The summed E-state index contributed by atoms with van der Waals surface area (Å²) < 4.78 is 31.9. The van der Waals surface area contributed by atoms with E-state index in [1.165, 1.54) is 13.2 Å². The van der Waals surface area contributed by atoms with Crippen LogP contribution < -0.4 is 5.32 Å². The molecule has 0 radical (unpaired) electrons. The number of amides is 1. The standard InChI is InChI=1S/C22H24N4O5S2/c1-4-26-19(14-33(29,30)18-10-8-15(2)9-11-18)24-25-22(26)32-13-20(27)23-17-7-5-6-16(12-17)21(28)31-3/h5-12H,4,13-14H2,1-3H3,(H,23,27). The summed E-state index contributed by atoms with van der Waals surface area (Å²) in [6.07, 6.45) is 0. The number of nitrogens with zero attached hydrogens (tertiary/aromatic N) is 3. The van der Waals surface area contributed by atoms with E-state index in [-0.39, 0.29) is 22.3 Å². The van der Waals surface area contributed by atoms with Crippen molar-refractivity contribution in [1.82, 2.24) is 14.8 Å². The number of methoxy groups -OCH3 is 1. The molecule has 0 atom stereocenters. The molecule has 9 nitrogen and oxygen atoms in total. The molecule has 174 valence electrons. The number of aryl methyl sites for hydroxylation is 1. The third-order valence-electron chi connectivity index (χ3n) is 4.71. The SMILES string of the molecule is CCn1c(CS(=O)(=O)c2ccc(C)cc2)nnc1SCC(=O)Nc1cccc(C(=O)OC)c1. The fraction of sp³-hybridized carbons (Fsp3) is 0.273. The molecule has 33 heavy (non-hydrogen) atoms. The van der Waals surface area contributed by atoms with Crippen LogP contribution in [0.15, 0.2) is 58.6 Å². The van der Waals surface area contributed by atoms with Gasteiger partial charge in [0.05, 0.1) is 23.3 Å². The maximum Gasteiger partial charge on any atom is 0.337 e. The first kappa shape index (κ1) is 24.5. The lowest BCUT2D eigenvalue weighted by atomic mass is 10.2. The van der Waals surface area contributed by atoms with Gasteiger partial charge in [0, 0.05) is 12.2 Å². The molecular weight excluding hydrogens is 464 g/mol. The van der Waals surface area contributed by atoms with Crippen LogP contribution in [0.3, 0.4) is 0 Å². The maximum absolute atomic E-state index is 12.8. The monoisotopic (exact) mass is 488 g/mol. The molecule has 0 aliphatic heterocycles. The number of sulfone groups is 1. The van der Waals surface area contributed by atoms with Gasteiger partial charge in [-0.3, -0.25) is 4.79 Å². The molecule has 1 aromatic heterocycles. The van der Waals surface area contributed by atoms with Gasteiger partial charge in [-0.05, 0) is 44.2 Å². The summed E-state index contributed by atoms with van der Waals surface area (Å²) in [6, 6.07) is 13.1. The van der Waals surface area contributed by atoms with Crippen LogP contribution in [0.2, 0.25) is 0 Å². The average molecular weight is 489 g/mol. The second-order valence-electron chi connectivity index (χ2n) is 7.12. The third-order valence-corrected chi connectivity index (χ3v) is 7.30. The highest BCUT2D eigenvalue weighted by Crippen LogP contribution is 2.22. The Kier molecular flexibility index (Phi) is 7.88. The Morgan fingerprint density at radius 2 is 1.85 bits per heavy atom. The van der Waals surface area contributed by atoms with Gasteiger partial charge in [-0.1, -0.05) is 35.5 Å². The second kappa shape index (κ2) is 10.6. The van der Waals surface area contributed by atoms with Crippen molar-refractivity contribution in [3.63, 3.8) is 0 Å². The highest BCUT2D eigenvalue weighted by Gasteiger charge is 2.21. The number of aromatic nitrogens is 3. The topological polar surface area (TPSA) is 120 Å². The Morgan fingerprint density at radius 1 is 1.12 bits per heavy atom. The van der Waals surface area contributed by atoms with Gasteiger partial charge in [-0.25, -0.2) is 13.2 Å². The van der Waals surface area contributed by atoms with Gasteiger partial charge in [0.25, 0.3) is 0 Å². The van der Waals surface area contributed by atoms with Gasteiger partial charge in [-0.2, -0.15) is 0 Å². The molecule has 0 unspecified atom stereocenters. The average Bonchev–Trinajstić information content (AvgIpc) is 3.18. The fourth-order valence-electron chi connectivity index (χ4n) is 3.02. The Bertz CT molecular complexity index is 1250. The lowest BCUT2D eigenvalue weighted by Gasteiger charge is -2.09. The number of rotatable bonds is 9. The molecule has 11 heteroatoms. The summed E-state index contributed by atoms with van der Waals surface area (Å²) in [7, 11) is -2.30. The molecule has 1 N–H and O–H groups in total. The van der Waals surface area contributed by atoms with Crippen LogP contribution in [0.1, 0.15) is 28.7 Å². The lowest BCUT2D eigenvalue weighted by Crippen LogP contribution is -2.15. The molecule has 0 spiro atoms. The van der Waals surface area contributed by atoms with Crippen molar-refractivity contribution in [3.8, 4) is 0 Å². The van der Waals surface area contributed by atoms with Crippen molar-refractivity contribution < 1.29 is 22.7 Å². The van der Waals surface area contributed by atoms with Crippen molar-refractivity contribution in [1.29, 1.82) is 0 Å². The van der Waals surface area contributed by atoms with E-state index in [1.54, 1.807) is 47.0 Å². The summed E-state index contributed by atoms with van der Waals surface area (Å²) in [6.45, 7) is 4.20. The van der Waals surface area contributed by atoms with Crippen LogP contribution in [0.4, 0.5) is 5.69 Å². The predicted octanol–water partition coefficient (Wildman–Crippen LogP) is 3.10. The maximum atomic E-state index is 12.8.